The Hall–Kier alpha value is -2.59. The van der Waals surface area contributed by atoms with Crippen molar-refractivity contribution in [3.05, 3.63) is 84.4 Å². The van der Waals surface area contributed by atoms with Crippen LogP contribution in [0.2, 0.25) is 0 Å². The number of rotatable bonds is 9. The third-order valence-corrected chi connectivity index (χ3v) is 3.85. The molecular weight excluding hydrogens is 298 g/mol. The van der Waals surface area contributed by atoms with Crippen molar-refractivity contribution in [1.29, 1.82) is 0 Å². The molecule has 0 aliphatic rings. The summed E-state index contributed by atoms with van der Waals surface area (Å²) in [5.74, 6) is 0.948. The second-order valence-electron chi connectivity index (χ2n) is 5.71. The molecule has 0 atom stereocenters. The summed E-state index contributed by atoms with van der Waals surface area (Å²) in [4.78, 5) is 4.05. The van der Waals surface area contributed by atoms with Crippen LogP contribution in [0, 0.1) is 0 Å². The second-order valence-corrected chi connectivity index (χ2v) is 5.71. The second kappa shape index (κ2) is 8.89. The van der Waals surface area contributed by atoms with Crippen molar-refractivity contribution in [3.63, 3.8) is 0 Å². The van der Waals surface area contributed by atoms with Gasteiger partial charge in [0.05, 0.1) is 6.33 Å². The van der Waals surface area contributed by atoms with Crippen LogP contribution in [0.5, 0.6) is 5.75 Å². The van der Waals surface area contributed by atoms with E-state index < -0.39 is 0 Å². The van der Waals surface area contributed by atoms with Crippen molar-refractivity contribution in [2.45, 2.75) is 26.1 Å². The highest BCUT2D eigenvalue weighted by Crippen LogP contribution is 2.19. The third kappa shape index (κ3) is 4.96. The Kier molecular flexibility index (Phi) is 6.03. The summed E-state index contributed by atoms with van der Waals surface area (Å²) in [5.41, 5.74) is 2.37. The van der Waals surface area contributed by atoms with Crippen molar-refractivity contribution in [2.75, 3.05) is 6.54 Å². The maximum atomic E-state index is 5.99. The molecule has 0 radical (unpaired) electrons. The van der Waals surface area contributed by atoms with E-state index in [0.717, 1.165) is 31.8 Å². The molecule has 0 bridgehead atoms. The van der Waals surface area contributed by atoms with Gasteiger partial charge < -0.3 is 14.6 Å². The molecule has 0 fully saturated rings. The molecule has 0 unspecified atom stereocenters. The summed E-state index contributed by atoms with van der Waals surface area (Å²) < 4.78 is 8.08. The van der Waals surface area contributed by atoms with Crippen LogP contribution >= 0.6 is 0 Å². The largest absolute Gasteiger partial charge is 0.489 e. The lowest BCUT2D eigenvalue weighted by atomic mass is 10.2. The first-order valence-corrected chi connectivity index (χ1v) is 8.33. The van der Waals surface area contributed by atoms with Gasteiger partial charge in [-0.1, -0.05) is 48.5 Å². The van der Waals surface area contributed by atoms with Gasteiger partial charge >= 0.3 is 0 Å². The normalized spacial score (nSPS) is 10.7. The molecule has 3 aromatic rings. The minimum absolute atomic E-state index is 0.596. The van der Waals surface area contributed by atoms with Gasteiger partial charge in [-0.3, -0.25) is 0 Å². The van der Waals surface area contributed by atoms with E-state index in [2.05, 4.69) is 39.1 Å². The van der Waals surface area contributed by atoms with E-state index in [1.54, 1.807) is 0 Å². The molecule has 3 rings (SSSR count). The average molecular weight is 321 g/mol. The van der Waals surface area contributed by atoms with Gasteiger partial charge in [-0.15, -0.1) is 0 Å². The van der Waals surface area contributed by atoms with E-state index in [-0.39, 0.29) is 0 Å². The predicted octanol–water partition coefficient (Wildman–Crippen LogP) is 3.64. The Bertz CT molecular complexity index is 711. The summed E-state index contributed by atoms with van der Waals surface area (Å²) >= 11 is 0. The number of para-hydroxylation sites is 1. The summed E-state index contributed by atoms with van der Waals surface area (Å²) in [6, 6.07) is 18.5. The van der Waals surface area contributed by atoms with Gasteiger partial charge in [0.1, 0.15) is 12.4 Å². The van der Waals surface area contributed by atoms with Gasteiger partial charge in [-0.2, -0.15) is 0 Å². The van der Waals surface area contributed by atoms with Crippen LogP contribution in [0.3, 0.4) is 0 Å². The van der Waals surface area contributed by atoms with Gasteiger partial charge in [0.2, 0.25) is 0 Å². The maximum Gasteiger partial charge on any atom is 0.124 e. The Morgan fingerprint density at radius 1 is 1.00 bits per heavy atom. The molecule has 0 aliphatic carbocycles. The number of aryl methyl sites for hydroxylation is 1. The van der Waals surface area contributed by atoms with E-state index in [0.29, 0.717) is 6.61 Å². The Morgan fingerprint density at radius 3 is 2.67 bits per heavy atom. The zero-order valence-corrected chi connectivity index (χ0v) is 13.8. The zero-order valence-electron chi connectivity index (χ0n) is 13.8. The minimum Gasteiger partial charge on any atom is -0.489 e. The fourth-order valence-electron chi connectivity index (χ4n) is 2.55. The monoisotopic (exact) mass is 321 g/mol. The van der Waals surface area contributed by atoms with Gasteiger partial charge in [-0.05, 0) is 24.6 Å². The molecular formula is C20H23N3O. The zero-order chi connectivity index (χ0) is 16.5. The smallest absolute Gasteiger partial charge is 0.124 e. The molecule has 0 saturated carbocycles. The summed E-state index contributed by atoms with van der Waals surface area (Å²) in [7, 11) is 0. The molecule has 24 heavy (non-hydrogen) atoms. The van der Waals surface area contributed by atoms with Crippen LogP contribution in [-0.2, 0) is 19.7 Å². The molecule has 0 aliphatic heterocycles. The number of benzene rings is 2. The maximum absolute atomic E-state index is 5.99. The first kappa shape index (κ1) is 16.3. The number of imidazole rings is 1. The van der Waals surface area contributed by atoms with Crippen LogP contribution in [0.1, 0.15) is 17.5 Å². The number of ether oxygens (including phenoxy) is 1. The molecule has 0 spiro atoms. The summed E-state index contributed by atoms with van der Waals surface area (Å²) in [6.45, 7) is 3.36. The van der Waals surface area contributed by atoms with Gasteiger partial charge in [0, 0.05) is 31.0 Å². The van der Waals surface area contributed by atoms with Crippen molar-refractivity contribution < 1.29 is 4.74 Å². The topological polar surface area (TPSA) is 39.1 Å². The van der Waals surface area contributed by atoms with Gasteiger partial charge in [-0.25, -0.2) is 4.98 Å². The predicted molar refractivity (Wildman–Crippen MR) is 95.8 cm³/mol. The minimum atomic E-state index is 0.596. The average Bonchev–Trinajstić information content (AvgIpc) is 3.15. The molecule has 4 heteroatoms. The Balaban J connectivity index is 1.45. The Morgan fingerprint density at radius 2 is 1.83 bits per heavy atom. The molecule has 124 valence electrons. The molecule has 1 N–H and O–H groups in total. The third-order valence-electron chi connectivity index (χ3n) is 3.85. The molecule has 2 aromatic carbocycles. The molecule has 4 nitrogen and oxygen atoms in total. The van der Waals surface area contributed by atoms with Crippen LogP contribution in [0.4, 0.5) is 0 Å². The molecule has 0 saturated heterocycles. The van der Waals surface area contributed by atoms with E-state index in [1.165, 1.54) is 11.1 Å². The fourth-order valence-corrected chi connectivity index (χ4v) is 2.55. The Labute approximate surface area is 143 Å². The quantitative estimate of drug-likeness (QED) is 0.612. The first-order chi connectivity index (χ1) is 11.9. The van der Waals surface area contributed by atoms with Crippen molar-refractivity contribution in [3.8, 4) is 5.75 Å². The van der Waals surface area contributed by atoms with E-state index in [1.807, 2.05) is 49.1 Å². The number of nitrogens with one attached hydrogen (secondary N) is 1. The highest BCUT2D eigenvalue weighted by atomic mass is 16.5. The van der Waals surface area contributed by atoms with E-state index >= 15 is 0 Å². The van der Waals surface area contributed by atoms with Crippen LogP contribution in [0.25, 0.3) is 0 Å². The van der Waals surface area contributed by atoms with Gasteiger partial charge in [0.15, 0.2) is 0 Å². The molecule has 1 heterocycles. The highest BCUT2D eigenvalue weighted by molar-refractivity contribution is 5.33. The van der Waals surface area contributed by atoms with Crippen molar-refractivity contribution >= 4 is 0 Å². The number of hydrogen-bond acceptors (Lipinski definition) is 3. The van der Waals surface area contributed by atoms with Gasteiger partial charge in [0.25, 0.3) is 0 Å². The number of nitrogens with zero attached hydrogens (tertiary/aromatic N) is 2. The van der Waals surface area contributed by atoms with Crippen LogP contribution in [0.15, 0.2) is 73.3 Å². The first-order valence-electron chi connectivity index (χ1n) is 8.33. The lowest BCUT2D eigenvalue weighted by molar-refractivity contribution is 0.302. The standard InChI is InChI=1S/C20H23N3O/c1-2-7-18(8-3-1)16-24-20-10-5-4-9-19(20)15-21-11-6-13-23-14-12-22-17-23/h1-5,7-10,12,14,17,21H,6,11,13,15-16H2. The molecule has 0 amide bonds. The highest BCUT2D eigenvalue weighted by Gasteiger charge is 2.03. The summed E-state index contributed by atoms with van der Waals surface area (Å²) in [5, 5.41) is 3.49. The lowest BCUT2D eigenvalue weighted by Crippen LogP contribution is -2.17. The van der Waals surface area contributed by atoms with Crippen molar-refractivity contribution in [1.82, 2.24) is 14.9 Å². The SMILES string of the molecule is c1ccc(COc2ccccc2CNCCCn2ccnc2)cc1. The lowest BCUT2D eigenvalue weighted by Gasteiger charge is -2.12. The number of hydrogen-bond donors (Lipinski definition) is 1. The van der Waals surface area contributed by atoms with Crippen LogP contribution < -0.4 is 10.1 Å². The van der Waals surface area contributed by atoms with E-state index in [9.17, 15) is 0 Å². The summed E-state index contributed by atoms with van der Waals surface area (Å²) in [6.07, 6.45) is 6.73. The van der Waals surface area contributed by atoms with Crippen LogP contribution in [-0.4, -0.2) is 16.1 Å². The number of aromatic nitrogens is 2. The fraction of sp³-hybridized carbons (Fsp3) is 0.250. The van der Waals surface area contributed by atoms with E-state index in [4.69, 9.17) is 4.74 Å². The van der Waals surface area contributed by atoms with Crippen molar-refractivity contribution in [2.24, 2.45) is 0 Å². The molecule has 1 aromatic heterocycles.